The van der Waals surface area contributed by atoms with E-state index in [1.165, 1.54) is 41.2 Å². The third kappa shape index (κ3) is 3.31. The number of carbonyl (C=O) groups excluding carboxylic acids is 1. The molecule has 0 radical (unpaired) electrons. The van der Waals surface area contributed by atoms with E-state index in [2.05, 4.69) is 10.4 Å². The third-order valence-corrected chi connectivity index (χ3v) is 4.05. The van der Waals surface area contributed by atoms with Gasteiger partial charge in [-0.2, -0.15) is 18.3 Å². The minimum Gasteiger partial charge on any atom is -0.454 e. The van der Waals surface area contributed by atoms with Gasteiger partial charge in [0, 0.05) is 18.3 Å². The first-order valence-electron chi connectivity index (χ1n) is 8.05. The van der Waals surface area contributed by atoms with Crippen LogP contribution >= 0.6 is 0 Å². The van der Waals surface area contributed by atoms with Crippen LogP contribution < -0.4 is 20.5 Å². The molecule has 2 heterocycles. The summed E-state index contributed by atoms with van der Waals surface area (Å²) in [5.74, 6) is 0.347. The van der Waals surface area contributed by atoms with Gasteiger partial charge in [-0.3, -0.25) is 4.79 Å². The van der Waals surface area contributed by atoms with E-state index >= 15 is 0 Å². The van der Waals surface area contributed by atoms with E-state index in [1.807, 2.05) is 0 Å². The predicted molar refractivity (Wildman–Crippen MR) is 93.5 cm³/mol. The number of fused-ring (bicyclic) bond motifs is 1. The maximum atomic E-state index is 12.9. The molecule has 0 saturated heterocycles. The van der Waals surface area contributed by atoms with Crippen LogP contribution in [0.2, 0.25) is 0 Å². The number of benzene rings is 2. The van der Waals surface area contributed by atoms with Gasteiger partial charge >= 0.3 is 6.18 Å². The first kappa shape index (κ1) is 17.7. The van der Waals surface area contributed by atoms with Crippen molar-refractivity contribution in [3.63, 3.8) is 0 Å². The van der Waals surface area contributed by atoms with Crippen LogP contribution in [0.4, 0.5) is 24.5 Å². The maximum Gasteiger partial charge on any atom is 0.416 e. The van der Waals surface area contributed by atoms with Crippen LogP contribution in [-0.4, -0.2) is 22.5 Å². The van der Waals surface area contributed by atoms with Crippen molar-refractivity contribution in [3.8, 4) is 17.2 Å². The number of nitrogen functional groups attached to an aromatic ring is 1. The van der Waals surface area contributed by atoms with E-state index in [4.69, 9.17) is 15.2 Å². The number of halogens is 3. The average molecular weight is 390 g/mol. The molecule has 10 heteroatoms. The summed E-state index contributed by atoms with van der Waals surface area (Å²) in [7, 11) is 0. The normalized spacial score (nSPS) is 12.8. The van der Waals surface area contributed by atoms with Crippen LogP contribution in [0.25, 0.3) is 5.69 Å². The second-order valence-corrected chi connectivity index (χ2v) is 5.94. The van der Waals surface area contributed by atoms with Crippen molar-refractivity contribution < 1.29 is 27.4 Å². The number of rotatable bonds is 3. The first-order valence-corrected chi connectivity index (χ1v) is 8.05. The largest absolute Gasteiger partial charge is 0.454 e. The summed E-state index contributed by atoms with van der Waals surface area (Å²) in [5.41, 5.74) is 5.85. The zero-order chi connectivity index (χ0) is 19.9. The number of amides is 1. The lowest BCUT2D eigenvalue weighted by atomic mass is 10.2. The number of hydrogen-bond donors (Lipinski definition) is 2. The van der Waals surface area contributed by atoms with Crippen LogP contribution in [0, 0.1) is 0 Å². The molecule has 1 aromatic heterocycles. The van der Waals surface area contributed by atoms with Gasteiger partial charge in [-0.15, -0.1) is 0 Å². The van der Waals surface area contributed by atoms with E-state index < -0.39 is 17.6 Å². The van der Waals surface area contributed by atoms with Gasteiger partial charge in [-0.25, -0.2) is 4.68 Å². The molecule has 144 valence electrons. The molecule has 28 heavy (non-hydrogen) atoms. The molecular formula is C18H13F3N4O3. The number of aromatic nitrogens is 2. The van der Waals surface area contributed by atoms with E-state index in [9.17, 15) is 18.0 Å². The molecule has 0 atom stereocenters. The van der Waals surface area contributed by atoms with Crippen molar-refractivity contribution in [2.45, 2.75) is 6.18 Å². The number of nitrogens with one attached hydrogen (secondary N) is 1. The molecule has 3 N–H and O–H groups in total. The lowest BCUT2D eigenvalue weighted by molar-refractivity contribution is -0.137. The number of alkyl halides is 3. The Bertz CT molecular complexity index is 1060. The SMILES string of the molecule is Nc1cc2c(cc1NC(=O)c1ccn(-c3cccc(C(F)(F)F)c3)n1)OCO2. The van der Waals surface area contributed by atoms with E-state index in [-0.39, 0.29) is 23.9 Å². The highest BCUT2D eigenvalue weighted by atomic mass is 19.4. The molecule has 3 aromatic rings. The van der Waals surface area contributed by atoms with Crippen molar-refractivity contribution in [3.05, 3.63) is 59.9 Å². The van der Waals surface area contributed by atoms with Gasteiger partial charge in [0.2, 0.25) is 6.79 Å². The van der Waals surface area contributed by atoms with E-state index in [0.29, 0.717) is 17.2 Å². The lowest BCUT2D eigenvalue weighted by Gasteiger charge is -2.09. The number of nitrogens with zero attached hydrogens (tertiary/aromatic N) is 2. The van der Waals surface area contributed by atoms with Gasteiger partial charge in [0.15, 0.2) is 17.2 Å². The van der Waals surface area contributed by atoms with Crippen LogP contribution in [0.5, 0.6) is 11.5 Å². The highest BCUT2D eigenvalue weighted by molar-refractivity contribution is 6.04. The highest BCUT2D eigenvalue weighted by Gasteiger charge is 2.30. The molecule has 1 amide bonds. The second kappa shape index (κ2) is 6.48. The van der Waals surface area contributed by atoms with Gasteiger partial charge in [0.1, 0.15) is 0 Å². The summed E-state index contributed by atoms with van der Waals surface area (Å²) >= 11 is 0. The van der Waals surface area contributed by atoms with Crippen LogP contribution in [-0.2, 0) is 6.18 Å². The monoisotopic (exact) mass is 390 g/mol. The minimum absolute atomic E-state index is 0.00878. The Morgan fingerprint density at radius 2 is 1.89 bits per heavy atom. The molecular weight excluding hydrogens is 377 g/mol. The predicted octanol–water partition coefficient (Wildman–Crippen LogP) is 3.45. The van der Waals surface area contributed by atoms with Gasteiger partial charge in [0.05, 0.1) is 22.6 Å². The zero-order valence-corrected chi connectivity index (χ0v) is 14.2. The molecule has 0 fully saturated rings. The Balaban J connectivity index is 1.56. The maximum absolute atomic E-state index is 12.9. The lowest BCUT2D eigenvalue weighted by Crippen LogP contribution is -2.14. The van der Waals surface area contributed by atoms with Crippen molar-refractivity contribution in [2.24, 2.45) is 0 Å². The summed E-state index contributed by atoms with van der Waals surface area (Å²) < 4.78 is 50.2. The highest BCUT2D eigenvalue weighted by Crippen LogP contribution is 2.38. The Labute approximate surface area is 156 Å². The zero-order valence-electron chi connectivity index (χ0n) is 14.2. The van der Waals surface area contributed by atoms with E-state index in [0.717, 1.165) is 12.1 Å². The minimum atomic E-state index is -4.47. The van der Waals surface area contributed by atoms with Crippen molar-refractivity contribution in [1.82, 2.24) is 9.78 Å². The molecule has 0 bridgehead atoms. The average Bonchev–Trinajstić information content (AvgIpc) is 3.30. The molecule has 0 aliphatic carbocycles. The summed E-state index contributed by atoms with van der Waals surface area (Å²) in [4.78, 5) is 12.4. The Morgan fingerprint density at radius 3 is 2.64 bits per heavy atom. The molecule has 1 aliphatic rings. The number of carbonyl (C=O) groups is 1. The Hall–Kier alpha value is -3.69. The van der Waals surface area contributed by atoms with E-state index in [1.54, 1.807) is 0 Å². The fraction of sp³-hybridized carbons (Fsp3) is 0.111. The molecule has 1 aliphatic heterocycles. The molecule has 0 spiro atoms. The molecule has 7 nitrogen and oxygen atoms in total. The second-order valence-electron chi connectivity index (χ2n) is 5.94. The smallest absolute Gasteiger partial charge is 0.416 e. The van der Waals surface area contributed by atoms with Gasteiger partial charge < -0.3 is 20.5 Å². The quantitative estimate of drug-likeness (QED) is 0.669. The number of anilines is 2. The summed E-state index contributed by atoms with van der Waals surface area (Å²) in [6.45, 7) is 0.0631. The van der Waals surface area contributed by atoms with Crippen LogP contribution in [0.15, 0.2) is 48.7 Å². The Morgan fingerprint density at radius 1 is 1.14 bits per heavy atom. The van der Waals surface area contributed by atoms with Crippen LogP contribution in [0.1, 0.15) is 16.1 Å². The molecule has 0 saturated carbocycles. The van der Waals surface area contributed by atoms with Crippen molar-refractivity contribution in [1.29, 1.82) is 0 Å². The fourth-order valence-electron chi connectivity index (χ4n) is 2.67. The molecule has 0 unspecified atom stereocenters. The molecule has 2 aromatic carbocycles. The van der Waals surface area contributed by atoms with Crippen LogP contribution in [0.3, 0.4) is 0 Å². The number of hydrogen-bond acceptors (Lipinski definition) is 5. The first-order chi connectivity index (χ1) is 13.3. The number of ether oxygens (including phenoxy) is 2. The third-order valence-electron chi connectivity index (χ3n) is 4.05. The van der Waals surface area contributed by atoms with Gasteiger partial charge in [0.25, 0.3) is 5.91 Å². The van der Waals surface area contributed by atoms with Crippen molar-refractivity contribution >= 4 is 17.3 Å². The summed E-state index contributed by atoms with van der Waals surface area (Å²) in [6, 6.07) is 9.08. The fourth-order valence-corrected chi connectivity index (χ4v) is 2.67. The number of nitrogens with two attached hydrogens (primary N) is 1. The summed E-state index contributed by atoms with van der Waals surface area (Å²) in [6.07, 6.45) is -3.08. The Kier molecular flexibility index (Phi) is 4.10. The van der Waals surface area contributed by atoms with Gasteiger partial charge in [-0.05, 0) is 24.3 Å². The molecule has 4 rings (SSSR count). The standard InChI is InChI=1S/C18H13F3N4O3/c19-18(20,21)10-2-1-3-11(6-10)25-5-4-13(24-25)17(26)23-14-8-16-15(7-12(14)22)27-9-28-16/h1-8H,9,22H2,(H,23,26). The van der Waals surface area contributed by atoms with Gasteiger partial charge in [-0.1, -0.05) is 6.07 Å². The summed E-state index contributed by atoms with van der Waals surface area (Å²) in [5, 5.41) is 6.64. The van der Waals surface area contributed by atoms with Crippen molar-refractivity contribution in [2.75, 3.05) is 17.8 Å². The topological polar surface area (TPSA) is 91.4 Å².